The molecule has 0 aromatic heterocycles. The standard InChI is InChI=1S/C16H30N2O3/c1-7-12-13(19)17-16(8-2,9-3)14(20)18(12)10-11-21-15(4,5)6/h12H,7-11H2,1-6H3,(H,17,19). The van der Waals surface area contributed by atoms with E-state index in [2.05, 4.69) is 5.32 Å². The number of carbonyl (C=O) groups excluding carboxylic acids is 2. The van der Waals surface area contributed by atoms with E-state index in [1.807, 2.05) is 41.5 Å². The van der Waals surface area contributed by atoms with Crippen molar-refractivity contribution in [3.05, 3.63) is 0 Å². The minimum atomic E-state index is -0.746. The Hall–Kier alpha value is -1.10. The zero-order chi connectivity index (χ0) is 16.3. The maximum atomic E-state index is 12.8. The highest BCUT2D eigenvalue weighted by molar-refractivity contribution is 5.99. The van der Waals surface area contributed by atoms with Crippen LogP contribution < -0.4 is 5.32 Å². The molecular weight excluding hydrogens is 268 g/mol. The first-order valence-electron chi connectivity index (χ1n) is 7.97. The number of nitrogens with zero attached hydrogens (tertiary/aromatic N) is 1. The first-order valence-corrected chi connectivity index (χ1v) is 7.97. The van der Waals surface area contributed by atoms with Crippen LogP contribution in [0.15, 0.2) is 0 Å². The molecule has 122 valence electrons. The monoisotopic (exact) mass is 298 g/mol. The maximum Gasteiger partial charge on any atom is 0.249 e. The zero-order valence-electron chi connectivity index (χ0n) is 14.3. The molecule has 1 aliphatic heterocycles. The van der Waals surface area contributed by atoms with Gasteiger partial charge in [0.1, 0.15) is 11.6 Å². The van der Waals surface area contributed by atoms with Gasteiger partial charge in [-0.25, -0.2) is 0 Å². The van der Waals surface area contributed by atoms with Crippen LogP contribution in [0.3, 0.4) is 0 Å². The lowest BCUT2D eigenvalue weighted by Crippen LogP contribution is -2.70. The van der Waals surface area contributed by atoms with Gasteiger partial charge in [-0.3, -0.25) is 9.59 Å². The molecular formula is C16H30N2O3. The predicted octanol–water partition coefficient (Wildman–Crippen LogP) is 2.10. The molecule has 0 aromatic rings. The summed E-state index contributed by atoms with van der Waals surface area (Å²) in [6, 6.07) is -0.382. The summed E-state index contributed by atoms with van der Waals surface area (Å²) in [6.07, 6.45) is 1.85. The van der Waals surface area contributed by atoms with Crippen molar-refractivity contribution in [2.24, 2.45) is 0 Å². The minimum Gasteiger partial charge on any atom is -0.374 e. The van der Waals surface area contributed by atoms with Gasteiger partial charge in [0.2, 0.25) is 11.8 Å². The third-order valence-electron chi connectivity index (χ3n) is 4.17. The average molecular weight is 298 g/mol. The molecule has 1 atom stereocenters. The summed E-state index contributed by atoms with van der Waals surface area (Å²) in [5.41, 5.74) is -0.986. The maximum absolute atomic E-state index is 12.8. The molecule has 1 aliphatic rings. The number of carbonyl (C=O) groups is 2. The van der Waals surface area contributed by atoms with Crippen molar-refractivity contribution in [1.82, 2.24) is 10.2 Å². The Labute approximate surface area is 128 Å². The van der Waals surface area contributed by atoms with E-state index >= 15 is 0 Å². The van der Waals surface area contributed by atoms with Crippen molar-refractivity contribution < 1.29 is 14.3 Å². The van der Waals surface area contributed by atoms with Gasteiger partial charge < -0.3 is 15.0 Å². The van der Waals surface area contributed by atoms with Gasteiger partial charge in [0, 0.05) is 6.54 Å². The Morgan fingerprint density at radius 2 is 1.76 bits per heavy atom. The fraction of sp³-hybridized carbons (Fsp3) is 0.875. The van der Waals surface area contributed by atoms with Crippen molar-refractivity contribution in [2.45, 2.75) is 78.0 Å². The van der Waals surface area contributed by atoms with Crippen molar-refractivity contribution in [3.8, 4) is 0 Å². The van der Waals surface area contributed by atoms with Crippen LogP contribution in [-0.2, 0) is 14.3 Å². The normalized spacial score (nSPS) is 22.4. The van der Waals surface area contributed by atoms with Crippen LogP contribution in [-0.4, -0.2) is 47.0 Å². The fourth-order valence-corrected chi connectivity index (χ4v) is 2.77. The van der Waals surface area contributed by atoms with Crippen LogP contribution in [0.2, 0.25) is 0 Å². The fourth-order valence-electron chi connectivity index (χ4n) is 2.77. The van der Waals surface area contributed by atoms with Crippen molar-refractivity contribution in [1.29, 1.82) is 0 Å². The Balaban J connectivity index is 2.89. The predicted molar refractivity (Wildman–Crippen MR) is 83.0 cm³/mol. The summed E-state index contributed by atoms with van der Waals surface area (Å²) in [7, 11) is 0. The average Bonchev–Trinajstić information content (AvgIpc) is 2.41. The number of piperazine rings is 1. The number of amides is 2. The molecule has 0 aromatic carbocycles. The lowest BCUT2D eigenvalue weighted by Gasteiger charge is -2.45. The number of hydrogen-bond donors (Lipinski definition) is 1. The van der Waals surface area contributed by atoms with E-state index in [0.717, 1.165) is 0 Å². The molecule has 0 spiro atoms. The summed E-state index contributed by atoms with van der Waals surface area (Å²) in [4.78, 5) is 26.9. The molecule has 2 amide bonds. The van der Waals surface area contributed by atoms with Gasteiger partial charge in [-0.1, -0.05) is 20.8 Å². The third kappa shape index (κ3) is 3.96. The molecule has 0 aliphatic carbocycles. The van der Waals surface area contributed by atoms with Crippen LogP contribution in [0.1, 0.15) is 60.8 Å². The van der Waals surface area contributed by atoms with Crippen LogP contribution in [0.25, 0.3) is 0 Å². The van der Waals surface area contributed by atoms with Gasteiger partial charge >= 0.3 is 0 Å². The Kier molecular flexibility index (Phi) is 5.79. The van der Waals surface area contributed by atoms with Crippen molar-refractivity contribution in [2.75, 3.05) is 13.2 Å². The van der Waals surface area contributed by atoms with Gasteiger partial charge in [0.15, 0.2) is 0 Å². The molecule has 0 saturated carbocycles. The summed E-state index contributed by atoms with van der Waals surface area (Å²) in [6.45, 7) is 12.7. The Morgan fingerprint density at radius 1 is 1.19 bits per heavy atom. The van der Waals surface area contributed by atoms with E-state index in [1.54, 1.807) is 4.90 Å². The first kappa shape index (κ1) is 18.0. The molecule has 1 rings (SSSR count). The van der Waals surface area contributed by atoms with E-state index < -0.39 is 5.54 Å². The van der Waals surface area contributed by atoms with Gasteiger partial charge in [-0.15, -0.1) is 0 Å². The van der Waals surface area contributed by atoms with E-state index in [-0.39, 0.29) is 23.5 Å². The highest BCUT2D eigenvalue weighted by Gasteiger charge is 2.48. The SMILES string of the molecule is CCC1C(=O)NC(CC)(CC)C(=O)N1CCOC(C)(C)C. The quantitative estimate of drug-likeness (QED) is 0.817. The number of ether oxygens (including phenoxy) is 1. The number of hydrogen-bond acceptors (Lipinski definition) is 3. The Bertz CT molecular complexity index is 383. The highest BCUT2D eigenvalue weighted by Crippen LogP contribution is 2.26. The molecule has 5 heteroatoms. The van der Waals surface area contributed by atoms with Gasteiger partial charge in [-0.2, -0.15) is 0 Å². The summed E-state index contributed by atoms with van der Waals surface area (Å²) >= 11 is 0. The van der Waals surface area contributed by atoms with E-state index in [4.69, 9.17) is 4.74 Å². The highest BCUT2D eigenvalue weighted by atomic mass is 16.5. The minimum absolute atomic E-state index is 0.0245. The lowest BCUT2D eigenvalue weighted by molar-refractivity contribution is -0.157. The summed E-state index contributed by atoms with van der Waals surface area (Å²) in [5, 5.41) is 2.95. The molecule has 21 heavy (non-hydrogen) atoms. The second-order valence-electron chi connectivity index (χ2n) is 6.66. The van der Waals surface area contributed by atoms with E-state index in [9.17, 15) is 9.59 Å². The van der Waals surface area contributed by atoms with Crippen LogP contribution in [0.4, 0.5) is 0 Å². The molecule has 1 N–H and O–H groups in total. The second-order valence-corrected chi connectivity index (χ2v) is 6.66. The first-order chi connectivity index (χ1) is 9.70. The van der Waals surface area contributed by atoms with Crippen LogP contribution in [0.5, 0.6) is 0 Å². The van der Waals surface area contributed by atoms with Crippen LogP contribution in [0, 0.1) is 0 Å². The zero-order valence-corrected chi connectivity index (χ0v) is 14.3. The lowest BCUT2D eigenvalue weighted by atomic mass is 9.86. The molecule has 0 radical (unpaired) electrons. The topological polar surface area (TPSA) is 58.6 Å². The van der Waals surface area contributed by atoms with E-state index in [0.29, 0.717) is 32.4 Å². The number of rotatable bonds is 6. The Morgan fingerprint density at radius 3 is 2.19 bits per heavy atom. The third-order valence-corrected chi connectivity index (χ3v) is 4.17. The van der Waals surface area contributed by atoms with Crippen molar-refractivity contribution in [3.63, 3.8) is 0 Å². The molecule has 5 nitrogen and oxygen atoms in total. The molecule has 1 heterocycles. The van der Waals surface area contributed by atoms with Crippen LogP contribution >= 0.6 is 0 Å². The largest absolute Gasteiger partial charge is 0.374 e. The van der Waals surface area contributed by atoms with E-state index in [1.165, 1.54) is 0 Å². The molecule has 1 saturated heterocycles. The summed E-state index contributed by atoms with van der Waals surface area (Å²) in [5.74, 6) is -0.0204. The number of nitrogens with one attached hydrogen (secondary N) is 1. The second kappa shape index (κ2) is 6.77. The smallest absolute Gasteiger partial charge is 0.249 e. The van der Waals surface area contributed by atoms with Gasteiger partial charge in [-0.05, 0) is 40.0 Å². The molecule has 1 fully saturated rings. The van der Waals surface area contributed by atoms with Crippen molar-refractivity contribution >= 4 is 11.8 Å². The van der Waals surface area contributed by atoms with Gasteiger partial charge in [0.05, 0.1) is 12.2 Å². The molecule has 1 unspecified atom stereocenters. The summed E-state index contributed by atoms with van der Waals surface area (Å²) < 4.78 is 5.72. The van der Waals surface area contributed by atoms with Gasteiger partial charge in [0.25, 0.3) is 0 Å². The molecule has 0 bridgehead atoms.